The number of benzene rings is 1. The van der Waals surface area contributed by atoms with E-state index in [-0.39, 0.29) is 11.7 Å². The predicted molar refractivity (Wildman–Crippen MR) is 107 cm³/mol. The fourth-order valence-electron chi connectivity index (χ4n) is 2.62. The molecule has 26 heavy (non-hydrogen) atoms. The lowest BCUT2D eigenvalue weighted by molar-refractivity contribution is 0.0904. The first-order valence-electron chi connectivity index (χ1n) is 8.90. The molecule has 1 aliphatic carbocycles. The molecule has 1 N–H and O–H groups in total. The molecule has 0 fully saturated rings. The number of halogens is 1. The van der Waals surface area contributed by atoms with Crippen LogP contribution in [0.4, 0.5) is 4.39 Å². The Labute approximate surface area is 155 Å². The van der Waals surface area contributed by atoms with E-state index in [9.17, 15) is 9.50 Å². The number of allylic oxidation sites excluding steroid dienone is 6. The number of hydrogen-bond acceptors (Lipinski definition) is 2. The van der Waals surface area contributed by atoms with Crippen molar-refractivity contribution in [3.63, 3.8) is 0 Å². The zero-order chi connectivity index (χ0) is 19.2. The normalized spacial score (nSPS) is 17.8. The van der Waals surface area contributed by atoms with E-state index < -0.39 is 5.60 Å². The van der Waals surface area contributed by atoms with Crippen LogP contribution in [0, 0.1) is 23.6 Å². The van der Waals surface area contributed by atoms with Crippen molar-refractivity contribution in [1.82, 2.24) is 0 Å². The molecule has 2 nitrogen and oxygen atoms in total. The van der Waals surface area contributed by atoms with Gasteiger partial charge in [0.15, 0.2) is 0 Å². The van der Waals surface area contributed by atoms with Crippen molar-refractivity contribution in [3.05, 3.63) is 71.1 Å². The summed E-state index contributed by atoms with van der Waals surface area (Å²) in [6, 6.07) is 6.29. The first-order chi connectivity index (χ1) is 12.3. The van der Waals surface area contributed by atoms with Crippen molar-refractivity contribution in [2.75, 3.05) is 6.54 Å². The highest BCUT2D eigenvalue weighted by Gasteiger charge is 2.16. The average Bonchev–Trinajstić information content (AvgIpc) is 2.79. The average molecular weight is 351 g/mol. The van der Waals surface area contributed by atoms with Gasteiger partial charge in [-0.05, 0) is 63.1 Å². The number of aliphatic imine (C=N–C) groups is 1. The third-order valence-electron chi connectivity index (χ3n) is 4.09. The largest absolute Gasteiger partial charge is 0.389 e. The van der Waals surface area contributed by atoms with Crippen molar-refractivity contribution in [1.29, 1.82) is 0 Å². The highest BCUT2D eigenvalue weighted by Crippen LogP contribution is 2.23. The van der Waals surface area contributed by atoms with Gasteiger partial charge in [-0.1, -0.05) is 37.0 Å². The van der Waals surface area contributed by atoms with E-state index in [0.717, 1.165) is 23.3 Å². The molecule has 1 aliphatic rings. The van der Waals surface area contributed by atoms with Crippen molar-refractivity contribution in [3.8, 4) is 11.8 Å². The van der Waals surface area contributed by atoms with Crippen LogP contribution in [0.3, 0.4) is 0 Å². The van der Waals surface area contributed by atoms with E-state index in [2.05, 4.69) is 29.8 Å². The molecule has 0 saturated heterocycles. The van der Waals surface area contributed by atoms with Gasteiger partial charge in [0.05, 0.1) is 12.1 Å². The van der Waals surface area contributed by atoms with E-state index in [1.165, 1.54) is 12.1 Å². The van der Waals surface area contributed by atoms with E-state index in [1.54, 1.807) is 26.0 Å². The molecular formula is C23H26FNO. The van der Waals surface area contributed by atoms with Crippen LogP contribution >= 0.6 is 0 Å². The topological polar surface area (TPSA) is 32.6 Å². The Morgan fingerprint density at radius 3 is 2.69 bits per heavy atom. The molecule has 2 rings (SSSR count). The van der Waals surface area contributed by atoms with Gasteiger partial charge in [0, 0.05) is 22.8 Å². The second-order valence-electron chi connectivity index (χ2n) is 7.09. The van der Waals surface area contributed by atoms with E-state index in [4.69, 9.17) is 0 Å². The maximum absolute atomic E-state index is 13.3. The number of aliphatic hydroxyl groups is 1. The minimum Gasteiger partial charge on any atom is -0.389 e. The van der Waals surface area contributed by atoms with Crippen LogP contribution in [0.5, 0.6) is 0 Å². The Hall–Kier alpha value is -2.44. The molecule has 0 heterocycles. The van der Waals surface area contributed by atoms with E-state index >= 15 is 0 Å². The highest BCUT2D eigenvalue weighted by molar-refractivity contribution is 5.99. The number of nitrogens with zero attached hydrogens (tertiary/aromatic N) is 1. The minimum atomic E-state index is -0.818. The molecule has 0 bridgehead atoms. The third kappa shape index (κ3) is 6.13. The Kier molecular flexibility index (Phi) is 6.71. The van der Waals surface area contributed by atoms with Gasteiger partial charge in [-0.2, -0.15) is 0 Å². The van der Waals surface area contributed by atoms with Crippen molar-refractivity contribution in [2.24, 2.45) is 10.9 Å². The predicted octanol–water partition coefficient (Wildman–Crippen LogP) is 4.86. The van der Waals surface area contributed by atoms with Crippen LogP contribution in [-0.2, 0) is 0 Å². The van der Waals surface area contributed by atoms with Crippen molar-refractivity contribution >= 4 is 5.71 Å². The summed E-state index contributed by atoms with van der Waals surface area (Å²) in [6.07, 6.45) is 9.11. The summed E-state index contributed by atoms with van der Waals surface area (Å²) in [6.45, 7) is 7.98. The van der Waals surface area contributed by atoms with Crippen LogP contribution in [-0.4, -0.2) is 23.0 Å². The summed E-state index contributed by atoms with van der Waals surface area (Å²) in [5.74, 6) is 6.07. The SMILES string of the molecule is CCC1C=CC(C#Cc2cccc(F)c2)=CC=C1C(C)=NCC(C)(C)O. The van der Waals surface area contributed by atoms with Gasteiger partial charge < -0.3 is 5.11 Å². The fourth-order valence-corrected chi connectivity index (χ4v) is 2.62. The highest BCUT2D eigenvalue weighted by atomic mass is 19.1. The monoisotopic (exact) mass is 351 g/mol. The summed E-state index contributed by atoms with van der Waals surface area (Å²) in [4.78, 5) is 4.54. The van der Waals surface area contributed by atoms with Gasteiger partial charge in [0.25, 0.3) is 0 Å². The summed E-state index contributed by atoms with van der Waals surface area (Å²) in [5.41, 5.74) is 2.78. The zero-order valence-electron chi connectivity index (χ0n) is 15.9. The van der Waals surface area contributed by atoms with Gasteiger partial charge in [-0.25, -0.2) is 4.39 Å². The molecule has 1 aromatic carbocycles. The molecular weight excluding hydrogens is 325 g/mol. The molecule has 1 unspecified atom stereocenters. The van der Waals surface area contributed by atoms with Gasteiger partial charge in [0.1, 0.15) is 5.82 Å². The molecule has 1 atom stereocenters. The Balaban J connectivity index is 2.27. The second kappa shape index (κ2) is 8.78. The fraction of sp³-hybridized carbons (Fsp3) is 0.348. The minimum absolute atomic E-state index is 0.255. The molecule has 136 valence electrons. The lowest BCUT2D eigenvalue weighted by Gasteiger charge is -2.17. The van der Waals surface area contributed by atoms with E-state index in [1.807, 2.05) is 25.2 Å². The maximum Gasteiger partial charge on any atom is 0.124 e. The van der Waals surface area contributed by atoms with Crippen LogP contribution in [0.25, 0.3) is 0 Å². The van der Waals surface area contributed by atoms with Gasteiger partial charge in [0.2, 0.25) is 0 Å². The van der Waals surface area contributed by atoms with Crippen LogP contribution in [0.1, 0.15) is 39.7 Å². The van der Waals surface area contributed by atoms with Crippen molar-refractivity contribution in [2.45, 2.75) is 39.7 Å². The standard InChI is InChI=1S/C23H26FNO/c1-5-20-13-11-18(9-10-19-7-6-8-21(24)15-19)12-14-22(20)17(2)25-16-23(3,4)26/h6-8,11-15,20,26H,5,16H2,1-4H3. The molecule has 0 aromatic heterocycles. The van der Waals surface area contributed by atoms with Gasteiger partial charge in [-0.15, -0.1) is 0 Å². The number of rotatable bonds is 4. The maximum atomic E-state index is 13.3. The van der Waals surface area contributed by atoms with Crippen LogP contribution < -0.4 is 0 Å². The summed E-state index contributed by atoms with van der Waals surface area (Å²) in [7, 11) is 0. The molecule has 0 aliphatic heterocycles. The van der Waals surface area contributed by atoms with Crippen LogP contribution in [0.15, 0.2) is 64.7 Å². The zero-order valence-corrected chi connectivity index (χ0v) is 15.9. The molecule has 0 saturated carbocycles. The van der Waals surface area contributed by atoms with Gasteiger partial charge in [-0.3, -0.25) is 4.99 Å². The summed E-state index contributed by atoms with van der Waals surface area (Å²) < 4.78 is 13.3. The first kappa shape index (κ1) is 19.9. The summed E-state index contributed by atoms with van der Waals surface area (Å²) in [5, 5.41) is 9.89. The molecule has 0 spiro atoms. The smallest absolute Gasteiger partial charge is 0.124 e. The van der Waals surface area contributed by atoms with Crippen molar-refractivity contribution < 1.29 is 9.50 Å². The Morgan fingerprint density at radius 2 is 2.04 bits per heavy atom. The lowest BCUT2D eigenvalue weighted by Crippen LogP contribution is -2.24. The number of hydrogen-bond donors (Lipinski definition) is 1. The molecule has 0 amide bonds. The molecule has 1 aromatic rings. The third-order valence-corrected chi connectivity index (χ3v) is 4.09. The second-order valence-corrected chi connectivity index (χ2v) is 7.09. The lowest BCUT2D eigenvalue weighted by atomic mass is 9.92. The quantitative estimate of drug-likeness (QED) is 0.610. The Bertz CT molecular complexity index is 826. The summed E-state index contributed by atoms with van der Waals surface area (Å²) >= 11 is 0. The first-order valence-corrected chi connectivity index (χ1v) is 8.90. The molecule has 0 radical (unpaired) electrons. The van der Waals surface area contributed by atoms with E-state index in [0.29, 0.717) is 12.1 Å². The molecule has 3 heteroatoms. The van der Waals surface area contributed by atoms with Crippen LogP contribution in [0.2, 0.25) is 0 Å². The van der Waals surface area contributed by atoms with Gasteiger partial charge >= 0.3 is 0 Å². The Morgan fingerprint density at radius 1 is 1.27 bits per heavy atom.